The number of urea groups is 1. The maximum Gasteiger partial charge on any atom is 0.317 e. The van der Waals surface area contributed by atoms with E-state index < -0.39 is 17.7 Å². The van der Waals surface area contributed by atoms with Crippen molar-refractivity contribution in [1.82, 2.24) is 10.2 Å². The van der Waals surface area contributed by atoms with Crippen LogP contribution in [0.3, 0.4) is 0 Å². The first kappa shape index (κ1) is 17.0. The second-order valence-electron chi connectivity index (χ2n) is 5.88. The minimum atomic E-state index is -0.689. The Morgan fingerprint density at radius 2 is 1.96 bits per heavy atom. The molecule has 2 amide bonds. The van der Waals surface area contributed by atoms with Crippen LogP contribution in [0.1, 0.15) is 24.1 Å². The van der Waals surface area contributed by atoms with Crippen molar-refractivity contribution in [2.24, 2.45) is 0 Å². The van der Waals surface area contributed by atoms with Crippen LogP contribution in [0.15, 0.2) is 36.4 Å². The van der Waals surface area contributed by atoms with Gasteiger partial charge in [-0.25, -0.2) is 13.6 Å². The number of fused-ring (bicyclic) bond motifs is 1. The van der Waals surface area contributed by atoms with Crippen LogP contribution in [0.25, 0.3) is 0 Å². The number of hydrogen-bond acceptors (Lipinski definition) is 3. The fourth-order valence-corrected chi connectivity index (χ4v) is 2.61. The number of carbonyl (C=O) groups is 1. The summed E-state index contributed by atoms with van der Waals surface area (Å²) in [6.45, 7) is 2.18. The van der Waals surface area contributed by atoms with Crippen molar-refractivity contribution in [3.8, 4) is 11.5 Å². The molecule has 1 atom stereocenters. The fourth-order valence-electron chi connectivity index (χ4n) is 2.61. The Labute approximate surface area is 144 Å². The van der Waals surface area contributed by atoms with Gasteiger partial charge in [0.1, 0.15) is 11.6 Å². The summed E-state index contributed by atoms with van der Waals surface area (Å²) in [7, 11) is 1.63. The molecule has 0 saturated heterocycles. The Balaban J connectivity index is 1.62. The van der Waals surface area contributed by atoms with E-state index in [0.717, 1.165) is 17.7 Å². The number of hydrogen-bond donors (Lipinski definition) is 1. The summed E-state index contributed by atoms with van der Waals surface area (Å²) < 4.78 is 37.3. The molecule has 5 nitrogen and oxygen atoms in total. The number of amides is 2. The van der Waals surface area contributed by atoms with Crippen LogP contribution in [-0.2, 0) is 6.54 Å². The maximum absolute atomic E-state index is 13.8. The lowest BCUT2D eigenvalue weighted by atomic mass is 10.1. The number of ether oxygens (including phenoxy) is 2. The third-order valence-corrected chi connectivity index (χ3v) is 3.97. The van der Waals surface area contributed by atoms with E-state index in [0.29, 0.717) is 18.0 Å². The molecule has 1 aliphatic heterocycles. The Morgan fingerprint density at radius 3 is 2.72 bits per heavy atom. The first-order valence-corrected chi connectivity index (χ1v) is 7.79. The predicted octanol–water partition coefficient (Wildman–Crippen LogP) is 3.60. The molecule has 0 bridgehead atoms. The fraction of sp³-hybridized carbons (Fsp3) is 0.278. The summed E-state index contributed by atoms with van der Waals surface area (Å²) in [4.78, 5) is 13.8. The molecule has 132 valence electrons. The normalized spacial score (nSPS) is 13.4. The van der Waals surface area contributed by atoms with Crippen LogP contribution in [0, 0.1) is 11.6 Å². The van der Waals surface area contributed by atoms with Crippen molar-refractivity contribution in [2.45, 2.75) is 19.5 Å². The monoisotopic (exact) mass is 348 g/mol. The van der Waals surface area contributed by atoms with Gasteiger partial charge in [-0.15, -0.1) is 0 Å². The van der Waals surface area contributed by atoms with E-state index in [9.17, 15) is 13.6 Å². The first-order valence-electron chi connectivity index (χ1n) is 7.79. The molecule has 7 heteroatoms. The summed E-state index contributed by atoms with van der Waals surface area (Å²) in [6, 6.07) is 7.79. The van der Waals surface area contributed by atoms with E-state index in [1.165, 1.54) is 11.0 Å². The topological polar surface area (TPSA) is 50.8 Å². The molecule has 2 aromatic rings. The van der Waals surface area contributed by atoms with E-state index in [4.69, 9.17) is 9.47 Å². The number of nitrogens with one attached hydrogen (secondary N) is 1. The van der Waals surface area contributed by atoms with Gasteiger partial charge in [-0.2, -0.15) is 0 Å². The summed E-state index contributed by atoms with van der Waals surface area (Å²) in [5.74, 6) is -0.0183. The van der Waals surface area contributed by atoms with Gasteiger partial charge in [0.05, 0.1) is 6.04 Å². The quantitative estimate of drug-likeness (QED) is 0.919. The van der Waals surface area contributed by atoms with Gasteiger partial charge in [0.15, 0.2) is 11.5 Å². The first-order chi connectivity index (χ1) is 11.9. The van der Waals surface area contributed by atoms with Crippen LogP contribution in [0.5, 0.6) is 11.5 Å². The van der Waals surface area contributed by atoms with E-state index >= 15 is 0 Å². The third-order valence-electron chi connectivity index (χ3n) is 3.97. The molecular weight excluding hydrogens is 330 g/mol. The van der Waals surface area contributed by atoms with Crippen LogP contribution in [0.4, 0.5) is 13.6 Å². The van der Waals surface area contributed by atoms with Crippen molar-refractivity contribution in [3.63, 3.8) is 0 Å². The standard InChI is InChI=1S/C18H18F2N2O3/c1-11(14-5-4-13(19)8-15(14)20)21-18(23)22(2)9-12-3-6-16-17(7-12)25-10-24-16/h3-8,11H,9-10H2,1-2H3,(H,21,23). The summed E-state index contributed by atoms with van der Waals surface area (Å²) in [5, 5.41) is 2.70. The average Bonchev–Trinajstić information content (AvgIpc) is 3.02. The second-order valence-corrected chi connectivity index (χ2v) is 5.88. The highest BCUT2D eigenvalue weighted by Gasteiger charge is 2.18. The molecule has 1 heterocycles. The molecule has 0 radical (unpaired) electrons. The van der Waals surface area contributed by atoms with Crippen molar-refractivity contribution in [1.29, 1.82) is 0 Å². The molecule has 0 fully saturated rings. The zero-order chi connectivity index (χ0) is 18.0. The predicted molar refractivity (Wildman–Crippen MR) is 87.3 cm³/mol. The van der Waals surface area contributed by atoms with Gasteiger partial charge in [0.25, 0.3) is 0 Å². The van der Waals surface area contributed by atoms with E-state index in [1.54, 1.807) is 20.0 Å². The van der Waals surface area contributed by atoms with Crippen LogP contribution < -0.4 is 14.8 Å². The highest BCUT2D eigenvalue weighted by molar-refractivity contribution is 5.74. The van der Waals surface area contributed by atoms with Gasteiger partial charge >= 0.3 is 6.03 Å². The highest BCUT2D eigenvalue weighted by atomic mass is 19.1. The maximum atomic E-state index is 13.8. The number of carbonyl (C=O) groups excluding carboxylic acids is 1. The van der Waals surface area contributed by atoms with Crippen molar-refractivity contribution < 1.29 is 23.0 Å². The Bertz CT molecular complexity index is 798. The molecule has 0 aliphatic carbocycles. The molecule has 1 N–H and O–H groups in total. The molecule has 1 aliphatic rings. The highest BCUT2D eigenvalue weighted by Crippen LogP contribution is 2.32. The largest absolute Gasteiger partial charge is 0.454 e. The zero-order valence-electron chi connectivity index (χ0n) is 13.9. The van der Waals surface area contributed by atoms with Crippen molar-refractivity contribution in [2.75, 3.05) is 13.8 Å². The molecule has 0 saturated carbocycles. The van der Waals surface area contributed by atoms with Gasteiger partial charge in [0.2, 0.25) is 6.79 Å². The minimum Gasteiger partial charge on any atom is -0.454 e. The molecular formula is C18H18F2N2O3. The number of rotatable bonds is 4. The van der Waals surface area contributed by atoms with Gasteiger partial charge in [-0.1, -0.05) is 12.1 Å². The van der Waals surface area contributed by atoms with Gasteiger partial charge in [0, 0.05) is 25.2 Å². The Hall–Kier alpha value is -2.83. The lowest BCUT2D eigenvalue weighted by Gasteiger charge is -2.22. The molecule has 0 spiro atoms. The van der Waals surface area contributed by atoms with Crippen LogP contribution >= 0.6 is 0 Å². The van der Waals surface area contributed by atoms with Gasteiger partial charge < -0.3 is 19.7 Å². The zero-order valence-corrected chi connectivity index (χ0v) is 13.9. The summed E-state index contributed by atoms with van der Waals surface area (Å²) in [6.07, 6.45) is 0. The van der Waals surface area contributed by atoms with E-state index in [2.05, 4.69) is 5.32 Å². The molecule has 2 aromatic carbocycles. The number of nitrogens with zero attached hydrogens (tertiary/aromatic N) is 1. The lowest BCUT2D eigenvalue weighted by Crippen LogP contribution is -2.38. The smallest absolute Gasteiger partial charge is 0.317 e. The van der Waals surface area contributed by atoms with Gasteiger partial charge in [-0.05, 0) is 30.7 Å². The lowest BCUT2D eigenvalue weighted by molar-refractivity contribution is 0.174. The molecule has 3 rings (SSSR count). The van der Waals surface area contributed by atoms with E-state index in [1.807, 2.05) is 12.1 Å². The Kier molecular flexibility index (Phi) is 4.74. The van der Waals surface area contributed by atoms with Crippen molar-refractivity contribution in [3.05, 3.63) is 59.2 Å². The summed E-state index contributed by atoms with van der Waals surface area (Å²) in [5.41, 5.74) is 1.11. The minimum absolute atomic E-state index is 0.190. The van der Waals surface area contributed by atoms with Crippen LogP contribution in [-0.4, -0.2) is 24.8 Å². The van der Waals surface area contributed by atoms with Crippen LogP contribution in [0.2, 0.25) is 0 Å². The average molecular weight is 348 g/mol. The Morgan fingerprint density at radius 1 is 1.20 bits per heavy atom. The number of halogens is 2. The second kappa shape index (κ2) is 6.96. The van der Waals surface area contributed by atoms with Gasteiger partial charge in [-0.3, -0.25) is 0 Å². The molecule has 25 heavy (non-hydrogen) atoms. The van der Waals surface area contributed by atoms with Crippen molar-refractivity contribution >= 4 is 6.03 Å². The molecule has 0 aromatic heterocycles. The molecule has 1 unspecified atom stereocenters. The SMILES string of the molecule is CC(NC(=O)N(C)Cc1ccc2c(c1)OCO2)c1ccc(F)cc1F. The number of benzene rings is 2. The summed E-state index contributed by atoms with van der Waals surface area (Å²) >= 11 is 0. The van der Waals surface area contributed by atoms with E-state index in [-0.39, 0.29) is 18.4 Å². The third kappa shape index (κ3) is 3.81.